The third-order valence-electron chi connectivity index (χ3n) is 6.31. The molecular formula is C18H28O2. The summed E-state index contributed by atoms with van der Waals surface area (Å²) in [6.45, 7) is 8.60. The van der Waals surface area contributed by atoms with E-state index in [0.29, 0.717) is 11.3 Å². The van der Waals surface area contributed by atoms with Crippen LogP contribution in [0.3, 0.4) is 0 Å². The predicted octanol–water partition coefficient (Wildman–Crippen LogP) is 3.71. The van der Waals surface area contributed by atoms with Gasteiger partial charge in [0, 0.05) is 13.0 Å². The largest absolute Gasteiger partial charge is 0.385 e. The number of allylic oxidation sites excluding steroid dienone is 1. The Labute approximate surface area is 122 Å². The second-order valence-corrected chi connectivity index (χ2v) is 7.57. The van der Waals surface area contributed by atoms with Crippen molar-refractivity contribution in [3.05, 3.63) is 24.3 Å². The maximum absolute atomic E-state index is 10.9. The Kier molecular flexibility index (Phi) is 3.38. The summed E-state index contributed by atoms with van der Waals surface area (Å²) in [6.07, 6.45) is 9.71. The molecule has 0 spiro atoms. The van der Waals surface area contributed by atoms with Gasteiger partial charge in [-0.25, -0.2) is 0 Å². The van der Waals surface area contributed by atoms with Crippen molar-refractivity contribution in [3.8, 4) is 0 Å². The van der Waals surface area contributed by atoms with Crippen molar-refractivity contribution in [2.45, 2.75) is 57.7 Å². The Morgan fingerprint density at radius 3 is 2.80 bits per heavy atom. The molecule has 0 aromatic heterocycles. The lowest BCUT2D eigenvalue weighted by Gasteiger charge is -2.42. The van der Waals surface area contributed by atoms with E-state index in [0.717, 1.165) is 31.6 Å². The van der Waals surface area contributed by atoms with Crippen LogP contribution in [0.4, 0.5) is 0 Å². The van der Waals surface area contributed by atoms with Gasteiger partial charge in [0.15, 0.2) is 0 Å². The van der Waals surface area contributed by atoms with E-state index in [1.807, 2.05) is 7.11 Å². The van der Waals surface area contributed by atoms with Crippen molar-refractivity contribution in [1.82, 2.24) is 0 Å². The first-order valence-corrected chi connectivity index (χ1v) is 8.04. The van der Waals surface area contributed by atoms with Crippen LogP contribution in [0.25, 0.3) is 0 Å². The van der Waals surface area contributed by atoms with Crippen LogP contribution in [0, 0.1) is 23.2 Å². The number of fused-ring (bicyclic) bond motifs is 1. The summed E-state index contributed by atoms with van der Waals surface area (Å²) in [5.41, 5.74) is 1.04. The molecule has 3 rings (SSSR count). The monoisotopic (exact) mass is 276 g/mol. The van der Waals surface area contributed by atoms with Crippen LogP contribution in [-0.2, 0) is 4.74 Å². The van der Waals surface area contributed by atoms with Crippen molar-refractivity contribution in [2.75, 3.05) is 7.11 Å². The molecule has 0 saturated heterocycles. The van der Waals surface area contributed by atoms with Gasteiger partial charge in [-0.3, -0.25) is 0 Å². The van der Waals surface area contributed by atoms with Crippen molar-refractivity contribution < 1.29 is 9.84 Å². The molecule has 0 aromatic carbocycles. The van der Waals surface area contributed by atoms with Gasteiger partial charge < -0.3 is 9.84 Å². The van der Waals surface area contributed by atoms with Gasteiger partial charge in [-0.1, -0.05) is 38.8 Å². The molecule has 2 nitrogen and oxygen atoms in total. The molecule has 0 aromatic rings. The van der Waals surface area contributed by atoms with E-state index < -0.39 is 5.60 Å². The molecule has 112 valence electrons. The van der Waals surface area contributed by atoms with Crippen molar-refractivity contribution in [2.24, 2.45) is 23.2 Å². The zero-order chi connectivity index (χ0) is 14.5. The molecule has 5 atom stereocenters. The summed E-state index contributed by atoms with van der Waals surface area (Å²) >= 11 is 0. The van der Waals surface area contributed by atoms with Gasteiger partial charge in [-0.15, -0.1) is 6.58 Å². The molecule has 3 aliphatic rings. The number of hydrogen-bond donors (Lipinski definition) is 1. The summed E-state index contributed by atoms with van der Waals surface area (Å²) in [5, 5.41) is 10.9. The van der Waals surface area contributed by atoms with Gasteiger partial charge in [0.1, 0.15) is 0 Å². The number of hydrogen-bond acceptors (Lipinski definition) is 2. The van der Waals surface area contributed by atoms with Gasteiger partial charge in [-0.05, 0) is 42.1 Å². The summed E-state index contributed by atoms with van der Waals surface area (Å²) in [6, 6.07) is 0. The standard InChI is InChI=1S/C18H28O2/c1-5-18(19)9-7-6-8-13(18)12-10-14-15(17(14,2)3)11-16(12)20-4/h5,10,13-16,19H,1,6-9,11H2,2-4H3/t13-,14+,15-,16+,18+/m1/s1. The zero-order valence-corrected chi connectivity index (χ0v) is 13.1. The average Bonchev–Trinajstić information content (AvgIpc) is 2.99. The molecule has 0 amide bonds. The molecule has 2 heteroatoms. The molecule has 2 saturated carbocycles. The molecule has 0 heterocycles. The highest BCUT2D eigenvalue weighted by atomic mass is 16.5. The van der Waals surface area contributed by atoms with E-state index in [2.05, 4.69) is 26.5 Å². The summed E-state index contributed by atoms with van der Waals surface area (Å²) in [4.78, 5) is 0. The normalized spacial score (nSPS) is 46.3. The quantitative estimate of drug-likeness (QED) is 0.796. The van der Waals surface area contributed by atoms with Crippen molar-refractivity contribution in [3.63, 3.8) is 0 Å². The maximum atomic E-state index is 10.9. The minimum absolute atomic E-state index is 0.188. The number of aliphatic hydroxyl groups is 1. The van der Waals surface area contributed by atoms with Crippen LogP contribution in [-0.4, -0.2) is 23.9 Å². The maximum Gasteiger partial charge on any atom is 0.0891 e. The highest BCUT2D eigenvalue weighted by Crippen LogP contribution is 2.65. The lowest BCUT2D eigenvalue weighted by molar-refractivity contribution is -0.00532. The Hall–Kier alpha value is -0.600. The fraction of sp³-hybridized carbons (Fsp3) is 0.778. The molecule has 0 radical (unpaired) electrons. The van der Waals surface area contributed by atoms with Gasteiger partial charge in [-0.2, -0.15) is 0 Å². The Morgan fingerprint density at radius 1 is 1.40 bits per heavy atom. The zero-order valence-electron chi connectivity index (χ0n) is 13.1. The predicted molar refractivity (Wildman–Crippen MR) is 81.4 cm³/mol. The average molecular weight is 276 g/mol. The van der Waals surface area contributed by atoms with Gasteiger partial charge in [0.2, 0.25) is 0 Å². The molecule has 0 aliphatic heterocycles. The van der Waals surface area contributed by atoms with E-state index in [9.17, 15) is 5.11 Å². The minimum Gasteiger partial charge on any atom is -0.385 e. The second kappa shape index (κ2) is 4.71. The molecular weight excluding hydrogens is 248 g/mol. The second-order valence-electron chi connectivity index (χ2n) is 7.57. The van der Waals surface area contributed by atoms with Gasteiger partial charge in [0.05, 0.1) is 11.7 Å². The lowest BCUT2D eigenvalue weighted by atomic mass is 9.69. The summed E-state index contributed by atoms with van der Waals surface area (Å²) in [5.74, 6) is 1.65. The SMILES string of the molecule is C=C[C@]1(O)CCCC[C@@H]1C1=C[C@H]2[C@@H](C[C@@H]1OC)C2(C)C. The van der Waals surface area contributed by atoms with Crippen LogP contribution in [0.1, 0.15) is 46.0 Å². The number of methoxy groups -OCH3 is 1. The van der Waals surface area contributed by atoms with Gasteiger partial charge in [0.25, 0.3) is 0 Å². The number of rotatable bonds is 3. The molecule has 3 aliphatic carbocycles. The molecule has 0 bridgehead atoms. The topological polar surface area (TPSA) is 29.5 Å². The van der Waals surface area contributed by atoms with E-state index in [1.54, 1.807) is 6.08 Å². The first-order chi connectivity index (χ1) is 9.44. The first kappa shape index (κ1) is 14.3. The fourth-order valence-electron chi connectivity index (χ4n) is 4.70. The molecule has 20 heavy (non-hydrogen) atoms. The molecule has 2 fully saturated rings. The van der Waals surface area contributed by atoms with E-state index >= 15 is 0 Å². The lowest BCUT2D eigenvalue weighted by Crippen LogP contribution is -2.42. The molecule has 0 unspecified atom stereocenters. The Bertz CT molecular complexity index is 437. The third kappa shape index (κ3) is 2.00. The highest BCUT2D eigenvalue weighted by Gasteiger charge is 2.60. The molecule has 1 N–H and O–H groups in total. The van der Waals surface area contributed by atoms with Crippen LogP contribution in [0.5, 0.6) is 0 Å². The van der Waals surface area contributed by atoms with Crippen molar-refractivity contribution >= 4 is 0 Å². The summed E-state index contributed by atoms with van der Waals surface area (Å²) < 4.78 is 5.77. The summed E-state index contributed by atoms with van der Waals surface area (Å²) in [7, 11) is 1.81. The van der Waals surface area contributed by atoms with Gasteiger partial charge >= 0.3 is 0 Å². The van der Waals surface area contributed by atoms with Crippen molar-refractivity contribution in [1.29, 1.82) is 0 Å². The first-order valence-electron chi connectivity index (χ1n) is 8.04. The van der Waals surface area contributed by atoms with Crippen LogP contribution >= 0.6 is 0 Å². The minimum atomic E-state index is -0.729. The van der Waals surface area contributed by atoms with E-state index in [4.69, 9.17) is 4.74 Å². The van der Waals surface area contributed by atoms with E-state index in [-0.39, 0.29) is 12.0 Å². The Morgan fingerprint density at radius 2 is 2.15 bits per heavy atom. The fourth-order valence-corrected chi connectivity index (χ4v) is 4.70. The third-order valence-corrected chi connectivity index (χ3v) is 6.31. The van der Waals surface area contributed by atoms with E-state index in [1.165, 1.54) is 12.0 Å². The van der Waals surface area contributed by atoms with Crippen LogP contribution in [0.2, 0.25) is 0 Å². The van der Waals surface area contributed by atoms with Crippen LogP contribution in [0.15, 0.2) is 24.3 Å². The van der Waals surface area contributed by atoms with Crippen LogP contribution < -0.4 is 0 Å². The Balaban J connectivity index is 1.92. The smallest absolute Gasteiger partial charge is 0.0891 e. The number of ether oxygens (including phenoxy) is 1. The highest BCUT2D eigenvalue weighted by molar-refractivity contribution is 5.31.